The molecule has 1 saturated heterocycles. The molecule has 1 aliphatic heterocycles. The number of fused-ring (bicyclic) bond motifs is 1. The Kier molecular flexibility index (Phi) is 7.23. The maximum Gasteiger partial charge on any atom is 0.253 e. The van der Waals surface area contributed by atoms with E-state index in [0.29, 0.717) is 24.3 Å². The summed E-state index contributed by atoms with van der Waals surface area (Å²) in [6, 6.07) is 14.6. The van der Waals surface area contributed by atoms with E-state index in [4.69, 9.17) is 4.74 Å². The monoisotopic (exact) mass is 512 g/mol. The molecule has 1 unspecified atom stereocenters. The van der Waals surface area contributed by atoms with Crippen molar-refractivity contribution in [3.05, 3.63) is 98.2 Å². The van der Waals surface area contributed by atoms with E-state index in [2.05, 4.69) is 70.0 Å². The van der Waals surface area contributed by atoms with Gasteiger partial charge >= 0.3 is 0 Å². The molecule has 5 rings (SSSR count). The van der Waals surface area contributed by atoms with Gasteiger partial charge in [-0.15, -0.1) is 0 Å². The average Bonchev–Trinajstić information content (AvgIpc) is 3.31. The van der Waals surface area contributed by atoms with Crippen molar-refractivity contribution in [2.75, 3.05) is 26.3 Å². The second-order valence-corrected chi connectivity index (χ2v) is 10.4. The molecule has 1 amide bonds. The Morgan fingerprint density at radius 1 is 1.08 bits per heavy atom. The molecule has 7 heteroatoms. The van der Waals surface area contributed by atoms with Gasteiger partial charge in [-0.3, -0.25) is 14.5 Å². The van der Waals surface area contributed by atoms with E-state index in [0.717, 1.165) is 52.2 Å². The molecule has 0 bridgehead atoms. The van der Waals surface area contributed by atoms with E-state index < -0.39 is 0 Å². The summed E-state index contributed by atoms with van der Waals surface area (Å²) in [5.41, 5.74) is 9.14. The van der Waals surface area contributed by atoms with Crippen molar-refractivity contribution < 1.29 is 9.53 Å². The number of aromatic amines is 1. The lowest BCUT2D eigenvalue weighted by Crippen LogP contribution is -2.39. The molecule has 198 valence electrons. The standard InChI is InChI=1S/C31H36N4O3/c1-19-7-6-8-24(15-19)25-9-10-35-28(25)17-26(22(4)29(35)23(5)34-11-13-38-14-12-34)30(36)32-18-27-20(2)16-21(3)33-31(27)37/h6-10,15-17,23H,11-14,18H2,1-5H3,(H,32,36)(H,33,37). The molecule has 0 saturated carbocycles. The SMILES string of the molecule is Cc1cccc(-c2ccn3c(C(C)N4CCOCC4)c(C)c(C(=O)NCc4c(C)cc(C)[nH]c4=O)cc23)c1. The summed E-state index contributed by atoms with van der Waals surface area (Å²) >= 11 is 0. The summed E-state index contributed by atoms with van der Waals surface area (Å²) in [4.78, 5) is 31.5. The molecule has 2 N–H and O–H groups in total. The lowest BCUT2D eigenvalue weighted by molar-refractivity contribution is 0.0187. The quantitative estimate of drug-likeness (QED) is 0.387. The second-order valence-electron chi connectivity index (χ2n) is 10.4. The van der Waals surface area contributed by atoms with E-state index in [9.17, 15) is 9.59 Å². The maximum atomic E-state index is 13.7. The van der Waals surface area contributed by atoms with Crippen LogP contribution in [0.1, 0.15) is 57.0 Å². The molecule has 0 radical (unpaired) electrons. The molecule has 0 aliphatic carbocycles. The Morgan fingerprint density at radius 2 is 1.84 bits per heavy atom. The first-order valence-corrected chi connectivity index (χ1v) is 13.3. The number of benzene rings is 1. The summed E-state index contributed by atoms with van der Waals surface area (Å²) in [6.07, 6.45) is 2.11. The largest absolute Gasteiger partial charge is 0.379 e. The highest BCUT2D eigenvalue weighted by Crippen LogP contribution is 2.34. The number of ether oxygens (including phenoxy) is 1. The highest BCUT2D eigenvalue weighted by atomic mass is 16.5. The molecule has 1 aliphatic rings. The molecule has 4 aromatic rings. The van der Waals surface area contributed by atoms with Crippen LogP contribution in [0.5, 0.6) is 0 Å². The van der Waals surface area contributed by atoms with Crippen LogP contribution in [0, 0.1) is 27.7 Å². The Hall–Kier alpha value is -3.68. The van der Waals surface area contributed by atoms with Gasteiger partial charge in [-0.2, -0.15) is 0 Å². The van der Waals surface area contributed by atoms with Crippen LogP contribution in [0.4, 0.5) is 0 Å². The van der Waals surface area contributed by atoms with Crippen LogP contribution >= 0.6 is 0 Å². The van der Waals surface area contributed by atoms with Crippen molar-refractivity contribution in [1.82, 2.24) is 19.6 Å². The van der Waals surface area contributed by atoms with Crippen molar-refractivity contribution >= 4 is 11.4 Å². The number of carbonyl (C=O) groups excluding carboxylic acids is 1. The van der Waals surface area contributed by atoms with Crippen LogP contribution < -0.4 is 10.9 Å². The van der Waals surface area contributed by atoms with Gasteiger partial charge in [0, 0.05) is 60.0 Å². The Bertz CT molecular complexity index is 1560. The zero-order valence-corrected chi connectivity index (χ0v) is 22.9. The Balaban J connectivity index is 1.60. The molecule has 1 aromatic carbocycles. The highest BCUT2D eigenvalue weighted by molar-refractivity contribution is 5.98. The van der Waals surface area contributed by atoms with E-state index in [1.807, 2.05) is 32.9 Å². The van der Waals surface area contributed by atoms with Crippen molar-refractivity contribution in [3.63, 3.8) is 0 Å². The number of morpholine rings is 1. The third-order valence-electron chi connectivity index (χ3n) is 7.74. The molecule has 1 atom stereocenters. The Labute approximate surface area is 223 Å². The van der Waals surface area contributed by atoms with Gasteiger partial charge < -0.3 is 19.4 Å². The van der Waals surface area contributed by atoms with Crippen LogP contribution in [0.15, 0.2) is 53.5 Å². The van der Waals surface area contributed by atoms with Gasteiger partial charge in [0.1, 0.15) is 0 Å². The number of amides is 1. The minimum Gasteiger partial charge on any atom is -0.379 e. The fraction of sp³-hybridized carbons (Fsp3) is 0.355. The molecule has 0 spiro atoms. The number of aryl methyl sites for hydroxylation is 3. The van der Waals surface area contributed by atoms with Crippen molar-refractivity contribution in [2.24, 2.45) is 0 Å². The molecule has 38 heavy (non-hydrogen) atoms. The fourth-order valence-electron chi connectivity index (χ4n) is 5.68. The van der Waals surface area contributed by atoms with Crippen molar-refractivity contribution in [3.8, 4) is 11.1 Å². The van der Waals surface area contributed by atoms with Gasteiger partial charge in [-0.05, 0) is 69.5 Å². The first-order chi connectivity index (χ1) is 18.2. The van der Waals surface area contributed by atoms with Gasteiger partial charge in [0.2, 0.25) is 0 Å². The van der Waals surface area contributed by atoms with Crippen LogP contribution in [0.2, 0.25) is 0 Å². The first-order valence-electron chi connectivity index (χ1n) is 13.3. The predicted octanol–water partition coefficient (Wildman–Crippen LogP) is 4.85. The summed E-state index contributed by atoms with van der Waals surface area (Å²) in [6.45, 7) is 13.4. The summed E-state index contributed by atoms with van der Waals surface area (Å²) in [5, 5.41) is 3.03. The van der Waals surface area contributed by atoms with Gasteiger partial charge in [0.15, 0.2) is 0 Å². The summed E-state index contributed by atoms with van der Waals surface area (Å²) in [5.74, 6) is -0.184. The number of nitrogens with zero attached hydrogens (tertiary/aromatic N) is 2. The number of H-pyrrole nitrogens is 1. The number of nitrogens with one attached hydrogen (secondary N) is 2. The number of hydrogen-bond acceptors (Lipinski definition) is 4. The van der Waals surface area contributed by atoms with Crippen LogP contribution in [0.3, 0.4) is 0 Å². The Morgan fingerprint density at radius 3 is 2.55 bits per heavy atom. The van der Waals surface area contributed by atoms with E-state index in [-0.39, 0.29) is 24.1 Å². The zero-order valence-electron chi connectivity index (χ0n) is 22.9. The molecular formula is C31H36N4O3. The maximum absolute atomic E-state index is 13.7. The number of aromatic nitrogens is 2. The van der Waals surface area contributed by atoms with E-state index in [1.54, 1.807) is 0 Å². The van der Waals surface area contributed by atoms with Gasteiger partial charge in [-0.1, -0.05) is 29.8 Å². The lowest BCUT2D eigenvalue weighted by Gasteiger charge is -2.34. The van der Waals surface area contributed by atoms with Crippen LogP contribution in [-0.2, 0) is 11.3 Å². The van der Waals surface area contributed by atoms with Gasteiger partial charge in [0.25, 0.3) is 11.5 Å². The van der Waals surface area contributed by atoms with E-state index >= 15 is 0 Å². The minimum absolute atomic E-state index is 0.0918. The summed E-state index contributed by atoms with van der Waals surface area (Å²) < 4.78 is 7.83. The highest BCUT2D eigenvalue weighted by Gasteiger charge is 2.26. The predicted molar refractivity (Wildman–Crippen MR) is 151 cm³/mol. The smallest absolute Gasteiger partial charge is 0.253 e. The second kappa shape index (κ2) is 10.6. The first kappa shape index (κ1) is 25.9. The fourth-order valence-corrected chi connectivity index (χ4v) is 5.68. The molecular weight excluding hydrogens is 476 g/mol. The third-order valence-corrected chi connectivity index (χ3v) is 7.74. The zero-order chi connectivity index (χ0) is 27.0. The lowest BCUT2D eigenvalue weighted by atomic mass is 9.98. The third kappa shape index (κ3) is 4.91. The normalized spacial score (nSPS) is 15.1. The van der Waals surface area contributed by atoms with Crippen molar-refractivity contribution in [1.29, 1.82) is 0 Å². The van der Waals surface area contributed by atoms with Gasteiger partial charge in [0.05, 0.1) is 18.7 Å². The van der Waals surface area contributed by atoms with Crippen molar-refractivity contribution in [2.45, 2.75) is 47.2 Å². The number of carbonyl (C=O) groups is 1. The molecule has 1 fully saturated rings. The minimum atomic E-state index is -0.184. The van der Waals surface area contributed by atoms with Crippen LogP contribution in [-0.4, -0.2) is 46.5 Å². The van der Waals surface area contributed by atoms with Gasteiger partial charge in [-0.25, -0.2) is 0 Å². The molecule has 7 nitrogen and oxygen atoms in total. The summed E-state index contributed by atoms with van der Waals surface area (Å²) in [7, 11) is 0. The topological polar surface area (TPSA) is 78.8 Å². The number of hydrogen-bond donors (Lipinski definition) is 2. The molecule has 3 aromatic heterocycles. The van der Waals surface area contributed by atoms with E-state index in [1.165, 1.54) is 5.56 Å². The number of pyridine rings is 2. The molecule has 4 heterocycles. The average molecular weight is 513 g/mol. The van der Waals surface area contributed by atoms with Crippen LogP contribution in [0.25, 0.3) is 16.6 Å². The number of rotatable bonds is 6.